The summed E-state index contributed by atoms with van der Waals surface area (Å²) in [7, 11) is 1.92. The molecule has 3 rings (SSSR count). The number of benzene rings is 1. The number of amides is 1. The summed E-state index contributed by atoms with van der Waals surface area (Å²) in [5, 5.41) is 2.61. The molecule has 1 aromatic carbocycles. The van der Waals surface area contributed by atoms with E-state index in [1.807, 2.05) is 11.9 Å². The molecule has 1 fully saturated rings. The SMILES string of the molecule is CN(C(=O)C1CCC2=c3ccccc3=CCN21)C(C)(C)C. The van der Waals surface area contributed by atoms with Crippen LogP contribution >= 0.6 is 0 Å². The van der Waals surface area contributed by atoms with Crippen molar-refractivity contribution in [3.05, 3.63) is 34.7 Å². The normalized spacial score (nSPS) is 20.7. The molecule has 1 saturated heterocycles. The molecule has 112 valence electrons. The molecule has 2 heterocycles. The van der Waals surface area contributed by atoms with Crippen LogP contribution in [0.5, 0.6) is 0 Å². The monoisotopic (exact) mass is 284 g/mol. The first-order valence-corrected chi connectivity index (χ1v) is 7.72. The number of hydrogen-bond acceptors (Lipinski definition) is 2. The van der Waals surface area contributed by atoms with Gasteiger partial charge in [-0.1, -0.05) is 30.3 Å². The van der Waals surface area contributed by atoms with Crippen molar-refractivity contribution < 1.29 is 4.79 Å². The first-order valence-electron chi connectivity index (χ1n) is 7.72. The minimum atomic E-state index is -0.128. The van der Waals surface area contributed by atoms with Gasteiger partial charge in [0.2, 0.25) is 5.91 Å². The van der Waals surface area contributed by atoms with E-state index in [0.29, 0.717) is 0 Å². The molecule has 0 spiro atoms. The molecule has 0 aliphatic carbocycles. The molecule has 3 heteroatoms. The molecule has 3 nitrogen and oxygen atoms in total. The van der Waals surface area contributed by atoms with Gasteiger partial charge in [0, 0.05) is 30.0 Å². The van der Waals surface area contributed by atoms with Crippen LogP contribution in [-0.2, 0) is 4.79 Å². The first kappa shape index (κ1) is 14.2. The summed E-state index contributed by atoms with van der Waals surface area (Å²) in [5.74, 6) is 0.241. The van der Waals surface area contributed by atoms with E-state index >= 15 is 0 Å². The van der Waals surface area contributed by atoms with Crippen LogP contribution < -0.4 is 10.4 Å². The summed E-state index contributed by atoms with van der Waals surface area (Å²) in [4.78, 5) is 17.0. The Morgan fingerprint density at radius 1 is 1.29 bits per heavy atom. The summed E-state index contributed by atoms with van der Waals surface area (Å²) >= 11 is 0. The molecule has 1 atom stereocenters. The Kier molecular flexibility index (Phi) is 3.31. The van der Waals surface area contributed by atoms with E-state index in [1.54, 1.807) is 0 Å². The molecule has 2 aliphatic heterocycles. The molecule has 0 radical (unpaired) electrons. The number of nitrogens with zero attached hydrogens (tertiary/aromatic N) is 2. The number of fused-ring (bicyclic) bond motifs is 2. The van der Waals surface area contributed by atoms with Crippen LogP contribution in [0.4, 0.5) is 0 Å². The zero-order chi connectivity index (χ0) is 15.2. The van der Waals surface area contributed by atoms with Crippen molar-refractivity contribution in [1.82, 2.24) is 9.80 Å². The molecule has 1 unspecified atom stereocenters. The van der Waals surface area contributed by atoms with Crippen molar-refractivity contribution in [1.29, 1.82) is 0 Å². The van der Waals surface area contributed by atoms with Crippen molar-refractivity contribution >= 4 is 17.7 Å². The molecule has 2 aliphatic rings. The molecule has 0 aromatic heterocycles. The second-order valence-corrected chi connectivity index (χ2v) is 7.01. The molecular weight excluding hydrogens is 260 g/mol. The lowest BCUT2D eigenvalue weighted by molar-refractivity contribution is -0.138. The maximum Gasteiger partial charge on any atom is 0.245 e. The third-order valence-corrected chi connectivity index (χ3v) is 4.78. The van der Waals surface area contributed by atoms with E-state index in [-0.39, 0.29) is 17.5 Å². The fraction of sp³-hybridized carbons (Fsp3) is 0.500. The van der Waals surface area contributed by atoms with Gasteiger partial charge in [0.25, 0.3) is 0 Å². The lowest BCUT2D eigenvalue weighted by Gasteiger charge is -2.37. The average molecular weight is 284 g/mol. The Hall–Kier alpha value is -1.77. The third-order valence-electron chi connectivity index (χ3n) is 4.78. The number of rotatable bonds is 1. The zero-order valence-electron chi connectivity index (χ0n) is 13.4. The van der Waals surface area contributed by atoms with Crippen molar-refractivity contribution in [2.45, 2.75) is 45.2 Å². The van der Waals surface area contributed by atoms with Gasteiger partial charge in [-0.3, -0.25) is 4.79 Å². The number of carbonyl (C=O) groups excluding carboxylic acids is 1. The summed E-state index contributed by atoms with van der Waals surface area (Å²) in [6.45, 7) is 7.10. The Morgan fingerprint density at radius 2 is 2.00 bits per heavy atom. The van der Waals surface area contributed by atoms with Gasteiger partial charge in [-0.05, 0) is 38.8 Å². The van der Waals surface area contributed by atoms with E-state index in [2.05, 4.69) is 56.0 Å². The smallest absolute Gasteiger partial charge is 0.245 e. The topological polar surface area (TPSA) is 23.6 Å². The quantitative estimate of drug-likeness (QED) is 0.776. The highest BCUT2D eigenvalue weighted by atomic mass is 16.2. The second kappa shape index (κ2) is 4.90. The number of likely N-dealkylation sites (N-methyl/N-ethyl adjacent to an activating group) is 1. The van der Waals surface area contributed by atoms with Crippen LogP contribution in [0.25, 0.3) is 11.8 Å². The standard InChI is InChI=1S/C18H24N2O/c1-18(2,3)19(4)17(21)16-10-9-15-14-8-6-5-7-13(14)11-12-20(15)16/h5-8,11,16H,9-10,12H2,1-4H3. The summed E-state index contributed by atoms with van der Waals surface area (Å²) < 4.78 is 0. The van der Waals surface area contributed by atoms with Gasteiger partial charge in [-0.15, -0.1) is 0 Å². The maximum absolute atomic E-state index is 12.8. The summed E-state index contributed by atoms with van der Waals surface area (Å²) in [5.41, 5.74) is 1.21. The van der Waals surface area contributed by atoms with Crippen molar-refractivity contribution in [2.24, 2.45) is 0 Å². The number of carbonyl (C=O) groups is 1. The lowest BCUT2D eigenvalue weighted by atomic mass is 10.0. The highest BCUT2D eigenvalue weighted by Gasteiger charge is 2.38. The molecule has 1 amide bonds. The van der Waals surface area contributed by atoms with Crippen LogP contribution in [0.2, 0.25) is 0 Å². The predicted octanol–water partition coefficient (Wildman–Crippen LogP) is 1.31. The van der Waals surface area contributed by atoms with Crippen LogP contribution in [0.3, 0.4) is 0 Å². The van der Waals surface area contributed by atoms with E-state index in [0.717, 1.165) is 19.4 Å². The minimum Gasteiger partial charge on any atom is -0.359 e. The molecule has 1 aromatic rings. The Balaban J connectivity index is 1.95. The van der Waals surface area contributed by atoms with Crippen molar-refractivity contribution in [3.63, 3.8) is 0 Å². The van der Waals surface area contributed by atoms with Gasteiger partial charge >= 0.3 is 0 Å². The fourth-order valence-electron chi connectivity index (χ4n) is 3.23. The average Bonchev–Trinajstić information content (AvgIpc) is 2.89. The van der Waals surface area contributed by atoms with Crippen LogP contribution in [-0.4, -0.2) is 40.9 Å². The van der Waals surface area contributed by atoms with Gasteiger partial charge in [-0.25, -0.2) is 0 Å². The van der Waals surface area contributed by atoms with Crippen molar-refractivity contribution in [2.75, 3.05) is 13.6 Å². The van der Waals surface area contributed by atoms with E-state index in [4.69, 9.17) is 0 Å². The van der Waals surface area contributed by atoms with Crippen LogP contribution in [0.15, 0.2) is 24.3 Å². The van der Waals surface area contributed by atoms with Gasteiger partial charge in [0.05, 0.1) is 0 Å². The molecule has 0 bridgehead atoms. The van der Waals surface area contributed by atoms with E-state index in [9.17, 15) is 4.79 Å². The molecular formula is C18H24N2O. The van der Waals surface area contributed by atoms with Gasteiger partial charge in [0.1, 0.15) is 6.04 Å². The van der Waals surface area contributed by atoms with E-state index < -0.39 is 0 Å². The van der Waals surface area contributed by atoms with Gasteiger partial charge in [0.15, 0.2) is 0 Å². The van der Waals surface area contributed by atoms with Crippen LogP contribution in [0.1, 0.15) is 33.6 Å². The van der Waals surface area contributed by atoms with Gasteiger partial charge in [-0.2, -0.15) is 0 Å². The fourth-order valence-corrected chi connectivity index (χ4v) is 3.23. The predicted molar refractivity (Wildman–Crippen MR) is 85.8 cm³/mol. The van der Waals surface area contributed by atoms with Crippen molar-refractivity contribution in [3.8, 4) is 0 Å². The molecule has 0 N–H and O–H groups in total. The summed E-state index contributed by atoms with van der Waals surface area (Å²) in [6.07, 6.45) is 4.16. The van der Waals surface area contributed by atoms with E-state index in [1.165, 1.54) is 16.1 Å². The third kappa shape index (κ3) is 2.35. The molecule has 21 heavy (non-hydrogen) atoms. The Bertz CT molecular complexity index is 684. The zero-order valence-corrected chi connectivity index (χ0v) is 13.4. The number of hydrogen-bond donors (Lipinski definition) is 0. The summed E-state index contributed by atoms with van der Waals surface area (Å²) in [6, 6.07) is 8.49. The first-order chi connectivity index (χ1) is 9.89. The van der Waals surface area contributed by atoms with Gasteiger partial charge < -0.3 is 9.80 Å². The van der Waals surface area contributed by atoms with Crippen LogP contribution in [0, 0.1) is 0 Å². The lowest BCUT2D eigenvalue weighted by Crippen LogP contribution is -2.52. The largest absolute Gasteiger partial charge is 0.359 e. The minimum absolute atomic E-state index is 0.00571. The Labute approximate surface area is 126 Å². The Morgan fingerprint density at radius 3 is 2.71 bits per heavy atom. The second-order valence-electron chi connectivity index (χ2n) is 7.01. The highest BCUT2D eigenvalue weighted by Crippen LogP contribution is 2.30. The maximum atomic E-state index is 12.8. The highest BCUT2D eigenvalue weighted by molar-refractivity contribution is 5.85. The molecule has 0 saturated carbocycles.